The molecule has 1 amide bonds. The lowest BCUT2D eigenvalue weighted by molar-refractivity contribution is -0.176. The number of aliphatic hydroxyl groups is 3. The first-order valence-corrected chi connectivity index (χ1v) is 13.7. The highest BCUT2D eigenvalue weighted by atomic mass is 35.5. The van der Waals surface area contributed by atoms with Crippen molar-refractivity contribution in [1.82, 2.24) is 0 Å². The molecule has 2 aliphatic rings. The van der Waals surface area contributed by atoms with Crippen LogP contribution in [0.3, 0.4) is 0 Å². The van der Waals surface area contributed by atoms with E-state index in [1.54, 1.807) is 6.92 Å². The largest absolute Gasteiger partial charge is 0.390 e. The van der Waals surface area contributed by atoms with Crippen LogP contribution in [0.4, 0.5) is 14.5 Å². The number of amides is 1. The molecule has 0 aliphatic heterocycles. The van der Waals surface area contributed by atoms with Gasteiger partial charge in [-0.25, -0.2) is 17.2 Å². The predicted molar refractivity (Wildman–Crippen MR) is 129 cm³/mol. The molecule has 4 rings (SSSR count). The van der Waals surface area contributed by atoms with E-state index in [0.29, 0.717) is 12.8 Å². The number of rotatable bonds is 7. The highest BCUT2D eigenvalue weighted by Crippen LogP contribution is 2.54. The second-order valence-corrected chi connectivity index (χ2v) is 12.2. The number of aliphatic hydroxyl groups excluding tert-OH is 2. The Hall–Kier alpha value is -2.11. The monoisotopic (exact) mass is 543 g/mol. The average molecular weight is 544 g/mol. The van der Waals surface area contributed by atoms with E-state index in [1.165, 1.54) is 18.2 Å². The fourth-order valence-electron chi connectivity index (χ4n) is 5.63. The van der Waals surface area contributed by atoms with Gasteiger partial charge in [0.05, 0.1) is 26.9 Å². The number of nitrogens with one attached hydrogen (secondary N) is 1. The van der Waals surface area contributed by atoms with Gasteiger partial charge in [-0.05, 0) is 74.3 Å². The predicted octanol–water partition coefficient (Wildman–Crippen LogP) is 3.70. The number of sulfone groups is 1. The minimum absolute atomic E-state index is 0.00535. The van der Waals surface area contributed by atoms with Crippen LogP contribution in [0.15, 0.2) is 41.3 Å². The summed E-state index contributed by atoms with van der Waals surface area (Å²) in [4.78, 5) is 12.4. The molecule has 0 saturated heterocycles. The summed E-state index contributed by atoms with van der Waals surface area (Å²) in [6, 6.07) is 6.59. The van der Waals surface area contributed by atoms with Crippen LogP contribution in [0.2, 0.25) is 5.02 Å². The highest BCUT2D eigenvalue weighted by Gasteiger charge is 2.60. The van der Waals surface area contributed by atoms with Gasteiger partial charge in [-0.15, -0.1) is 0 Å². The van der Waals surface area contributed by atoms with E-state index >= 15 is 0 Å². The van der Waals surface area contributed by atoms with Crippen LogP contribution in [0.1, 0.15) is 49.4 Å². The zero-order chi connectivity index (χ0) is 26.4. The lowest BCUT2D eigenvalue weighted by Crippen LogP contribution is -2.59. The van der Waals surface area contributed by atoms with Gasteiger partial charge in [0.15, 0.2) is 21.5 Å². The maximum atomic E-state index is 13.6. The van der Waals surface area contributed by atoms with Gasteiger partial charge in [0.1, 0.15) is 6.10 Å². The Morgan fingerprint density at radius 1 is 1.11 bits per heavy atom. The zero-order valence-electron chi connectivity index (χ0n) is 19.5. The van der Waals surface area contributed by atoms with Crippen molar-refractivity contribution in [2.75, 3.05) is 5.32 Å². The zero-order valence-corrected chi connectivity index (χ0v) is 21.1. The van der Waals surface area contributed by atoms with Gasteiger partial charge in [-0.3, -0.25) is 4.79 Å². The third-order valence-corrected chi connectivity index (χ3v) is 10.3. The van der Waals surface area contributed by atoms with E-state index in [9.17, 15) is 37.3 Å². The molecule has 0 aromatic heterocycles. The Morgan fingerprint density at radius 2 is 1.75 bits per heavy atom. The minimum Gasteiger partial charge on any atom is -0.390 e. The van der Waals surface area contributed by atoms with Crippen LogP contribution in [0.25, 0.3) is 0 Å². The van der Waals surface area contributed by atoms with Crippen molar-refractivity contribution in [2.24, 2.45) is 11.8 Å². The number of benzene rings is 2. The quantitative estimate of drug-likeness (QED) is 0.422. The van der Waals surface area contributed by atoms with Crippen LogP contribution in [-0.4, -0.2) is 52.7 Å². The van der Waals surface area contributed by atoms with Crippen LogP contribution >= 0.6 is 11.6 Å². The summed E-state index contributed by atoms with van der Waals surface area (Å²) in [5, 5.41) is 33.5. The van der Waals surface area contributed by atoms with E-state index in [0.717, 1.165) is 18.2 Å². The Bertz CT molecular complexity index is 1260. The van der Waals surface area contributed by atoms with Crippen molar-refractivity contribution in [3.05, 3.63) is 58.6 Å². The summed E-state index contributed by atoms with van der Waals surface area (Å²) < 4.78 is 53.9. The number of anilines is 1. The summed E-state index contributed by atoms with van der Waals surface area (Å²) in [6.45, 7) is 1.69. The van der Waals surface area contributed by atoms with Crippen molar-refractivity contribution in [3.63, 3.8) is 0 Å². The minimum atomic E-state index is -4.04. The molecule has 2 bridgehead atoms. The molecule has 2 saturated carbocycles. The van der Waals surface area contributed by atoms with Gasteiger partial charge in [-0.2, -0.15) is 0 Å². The molecule has 2 fully saturated rings. The summed E-state index contributed by atoms with van der Waals surface area (Å²) in [5.41, 5.74) is -1.62. The average Bonchev–Trinajstić information content (AvgIpc) is 3.00. The molecule has 4 atom stereocenters. The SMILES string of the molecule is CC[C@H](O)[C@@H](O)C1(O)C2CCC1CC(S(=O)(=O)c1cc(C(=O)Nc3ccc(F)c(F)c3)ccc1Cl)C2. The topological polar surface area (TPSA) is 124 Å². The van der Waals surface area contributed by atoms with E-state index in [4.69, 9.17) is 11.6 Å². The second kappa shape index (κ2) is 9.98. The molecular formula is C25H28ClF2NO6S. The Kier molecular flexibility index (Phi) is 7.47. The van der Waals surface area contributed by atoms with E-state index < -0.39 is 62.3 Å². The Balaban J connectivity index is 1.58. The number of halogens is 3. The molecule has 2 unspecified atom stereocenters. The van der Waals surface area contributed by atoms with Crippen molar-refractivity contribution in [3.8, 4) is 0 Å². The van der Waals surface area contributed by atoms with Crippen molar-refractivity contribution >= 4 is 33.0 Å². The maximum absolute atomic E-state index is 13.6. The number of carbonyl (C=O) groups excluding carboxylic acids is 1. The Labute approximate surface area is 213 Å². The summed E-state index contributed by atoms with van der Waals surface area (Å²) in [7, 11) is -4.04. The van der Waals surface area contributed by atoms with Gasteiger partial charge in [0.2, 0.25) is 0 Å². The number of hydrogen-bond acceptors (Lipinski definition) is 6. The lowest BCUT2D eigenvalue weighted by atomic mass is 9.69. The molecule has 2 aliphatic carbocycles. The van der Waals surface area contributed by atoms with Crippen molar-refractivity contribution in [2.45, 2.75) is 67.0 Å². The first kappa shape index (κ1) is 26.9. The van der Waals surface area contributed by atoms with Gasteiger partial charge in [-0.1, -0.05) is 18.5 Å². The van der Waals surface area contributed by atoms with E-state index in [2.05, 4.69) is 5.32 Å². The molecule has 0 spiro atoms. The van der Waals surface area contributed by atoms with Crippen molar-refractivity contribution < 1.29 is 37.3 Å². The smallest absolute Gasteiger partial charge is 0.255 e. The molecule has 7 nitrogen and oxygen atoms in total. The van der Waals surface area contributed by atoms with Gasteiger partial charge < -0.3 is 20.6 Å². The van der Waals surface area contributed by atoms with Gasteiger partial charge in [0.25, 0.3) is 5.91 Å². The van der Waals surface area contributed by atoms with Crippen LogP contribution in [0.5, 0.6) is 0 Å². The Morgan fingerprint density at radius 3 is 2.33 bits per heavy atom. The van der Waals surface area contributed by atoms with Gasteiger partial charge >= 0.3 is 0 Å². The number of fused-ring (bicyclic) bond motifs is 2. The fourth-order valence-corrected chi connectivity index (χ4v) is 8.03. The first-order valence-electron chi connectivity index (χ1n) is 11.8. The number of hydrogen-bond donors (Lipinski definition) is 4. The molecule has 2 aromatic carbocycles. The third kappa shape index (κ3) is 4.65. The van der Waals surface area contributed by atoms with Crippen LogP contribution in [0, 0.1) is 23.5 Å². The van der Waals surface area contributed by atoms with Crippen LogP contribution < -0.4 is 5.32 Å². The fraction of sp³-hybridized carbons (Fsp3) is 0.480. The molecule has 0 heterocycles. The molecule has 196 valence electrons. The first-order chi connectivity index (χ1) is 16.9. The van der Waals surface area contributed by atoms with Crippen molar-refractivity contribution in [1.29, 1.82) is 0 Å². The van der Waals surface area contributed by atoms with Gasteiger partial charge in [0, 0.05) is 17.3 Å². The summed E-state index contributed by atoms with van der Waals surface area (Å²) >= 11 is 6.23. The lowest BCUT2D eigenvalue weighted by Gasteiger charge is -2.46. The van der Waals surface area contributed by atoms with Crippen LogP contribution in [-0.2, 0) is 9.84 Å². The molecule has 11 heteroatoms. The summed E-state index contributed by atoms with van der Waals surface area (Å²) in [5.74, 6) is -3.99. The standard InChI is InChI=1S/C25H28ClF2NO6S/c1-2-21(30)23(31)25(33)14-4-5-15(25)11-17(10-14)36(34,35)22-9-13(3-7-18(22)26)24(32)29-16-6-8-19(27)20(28)12-16/h3,6-9,12,14-15,17,21,23,30-31,33H,2,4-5,10-11H2,1H3,(H,29,32)/t14?,15?,17?,21-,23+,25?/m0/s1. The molecule has 36 heavy (non-hydrogen) atoms. The van der Waals surface area contributed by atoms with E-state index in [1.807, 2.05) is 0 Å². The third-order valence-electron chi connectivity index (χ3n) is 7.64. The molecule has 0 radical (unpaired) electrons. The normalized spacial score (nSPS) is 27.5. The molecular weight excluding hydrogens is 516 g/mol. The maximum Gasteiger partial charge on any atom is 0.255 e. The second-order valence-electron chi connectivity index (χ2n) is 9.65. The molecule has 4 N–H and O–H groups in total. The highest BCUT2D eigenvalue weighted by molar-refractivity contribution is 7.92. The van der Waals surface area contributed by atoms with E-state index in [-0.39, 0.29) is 40.4 Å². The molecule has 2 aromatic rings. The number of carbonyl (C=O) groups is 1. The summed E-state index contributed by atoms with van der Waals surface area (Å²) in [6.07, 6.45) is -1.06.